The number of hydrogen-bond donors (Lipinski definition) is 2. The maximum atomic E-state index is 12.2. The molecule has 0 bridgehead atoms. The maximum absolute atomic E-state index is 12.2. The number of ether oxygens (including phenoxy) is 1. The van der Waals surface area contributed by atoms with Crippen molar-refractivity contribution in [1.29, 1.82) is 0 Å². The van der Waals surface area contributed by atoms with Gasteiger partial charge < -0.3 is 10.1 Å². The van der Waals surface area contributed by atoms with Crippen LogP contribution >= 0.6 is 0 Å². The number of fused-ring (bicyclic) bond motifs is 1. The lowest BCUT2D eigenvalue weighted by Gasteiger charge is -2.11. The van der Waals surface area contributed by atoms with Crippen LogP contribution in [-0.4, -0.2) is 32.5 Å². The van der Waals surface area contributed by atoms with Crippen LogP contribution in [0.25, 0.3) is 16.5 Å². The van der Waals surface area contributed by atoms with Gasteiger partial charge in [-0.2, -0.15) is 0 Å². The fraction of sp³-hybridized carbons (Fsp3) is 0.0556. The second-order valence-corrected chi connectivity index (χ2v) is 5.45. The van der Waals surface area contributed by atoms with Crippen molar-refractivity contribution in [2.75, 3.05) is 11.9 Å². The van der Waals surface area contributed by atoms with E-state index in [1.807, 2.05) is 42.5 Å². The molecule has 7 heteroatoms. The molecule has 0 saturated carbocycles. The van der Waals surface area contributed by atoms with Gasteiger partial charge in [0.2, 0.25) is 0 Å². The predicted octanol–water partition coefficient (Wildman–Crippen LogP) is 2.77. The van der Waals surface area contributed by atoms with Gasteiger partial charge in [-0.3, -0.25) is 9.78 Å². The van der Waals surface area contributed by atoms with E-state index in [4.69, 9.17) is 4.74 Å². The number of H-pyrrole nitrogens is 1. The van der Waals surface area contributed by atoms with Gasteiger partial charge >= 0.3 is 0 Å². The Hall–Kier alpha value is -3.61. The Balaban J connectivity index is 1.43. The average Bonchev–Trinajstić information content (AvgIpc) is 2.59. The molecule has 4 aromatic rings. The van der Waals surface area contributed by atoms with Crippen molar-refractivity contribution in [3.63, 3.8) is 0 Å². The third kappa shape index (κ3) is 3.20. The van der Waals surface area contributed by atoms with E-state index >= 15 is 0 Å². The topological polar surface area (TPSA) is 84.8 Å². The number of pyridine rings is 1. The van der Waals surface area contributed by atoms with Crippen molar-refractivity contribution in [2.45, 2.75) is 0 Å². The second-order valence-electron chi connectivity index (χ2n) is 5.45. The van der Waals surface area contributed by atoms with Gasteiger partial charge in [-0.05, 0) is 24.3 Å². The van der Waals surface area contributed by atoms with Crippen LogP contribution in [0.1, 0.15) is 0 Å². The molecule has 0 aliphatic rings. The van der Waals surface area contributed by atoms with E-state index in [9.17, 15) is 4.79 Å². The Morgan fingerprint density at radius 3 is 2.92 bits per heavy atom. The third-order valence-corrected chi connectivity index (χ3v) is 3.76. The summed E-state index contributed by atoms with van der Waals surface area (Å²) in [6.45, 7) is -0.0769. The molecule has 124 valence electrons. The zero-order valence-electron chi connectivity index (χ0n) is 13.2. The van der Waals surface area contributed by atoms with Gasteiger partial charge in [-0.15, -0.1) is 5.10 Å². The molecule has 2 aromatic heterocycles. The van der Waals surface area contributed by atoms with Crippen molar-refractivity contribution >= 4 is 22.4 Å². The smallest absolute Gasteiger partial charge is 0.262 e. The summed E-state index contributed by atoms with van der Waals surface area (Å²) in [6, 6.07) is 15.0. The number of nitrogens with one attached hydrogen (secondary N) is 2. The van der Waals surface area contributed by atoms with Crippen LogP contribution in [0, 0.1) is 0 Å². The van der Waals surface area contributed by atoms with Gasteiger partial charge in [0.25, 0.3) is 5.91 Å². The Kier molecular flexibility index (Phi) is 3.88. The molecule has 0 atom stereocenters. The van der Waals surface area contributed by atoms with Gasteiger partial charge in [0.1, 0.15) is 12.1 Å². The van der Waals surface area contributed by atoms with Crippen molar-refractivity contribution in [1.82, 2.24) is 20.0 Å². The normalized spacial score (nSPS) is 10.7. The second kappa shape index (κ2) is 6.48. The van der Waals surface area contributed by atoms with Crippen LogP contribution in [0.4, 0.5) is 5.69 Å². The van der Waals surface area contributed by atoms with E-state index in [1.54, 1.807) is 29.5 Å². The summed E-state index contributed by atoms with van der Waals surface area (Å²) in [6.07, 6.45) is 5.12. The van der Waals surface area contributed by atoms with Crippen LogP contribution < -0.4 is 10.1 Å². The molecule has 4 rings (SSSR count). The molecule has 0 spiro atoms. The summed E-state index contributed by atoms with van der Waals surface area (Å²) in [5, 5.41) is 11.3. The van der Waals surface area contributed by atoms with Crippen LogP contribution in [-0.2, 0) is 4.79 Å². The van der Waals surface area contributed by atoms with Gasteiger partial charge in [0.05, 0.1) is 5.69 Å². The molecular formula is C18H15N5O2. The number of rotatable bonds is 5. The predicted molar refractivity (Wildman–Crippen MR) is 93.8 cm³/mol. The molecule has 0 aliphatic heterocycles. The van der Waals surface area contributed by atoms with E-state index in [1.165, 1.54) is 0 Å². The number of hydrogen-bond acceptors (Lipinski definition) is 4. The minimum Gasteiger partial charge on any atom is -0.484 e. The number of carbonyl (C=O) groups excluding carboxylic acids is 1. The molecule has 25 heavy (non-hydrogen) atoms. The largest absolute Gasteiger partial charge is 0.484 e. The molecule has 0 saturated heterocycles. The molecule has 2 aromatic carbocycles. The first-order valence-electron chi connectivity index (χ1n) is 7.73. The lowest BCUT2D eigenvalue weighted by atomic mass is 10.1. The Bertz CT molecular complexity index is 1010. The zero-order chi connectivity index (χ0) is 17.1. The van der Waals surface area contributed by atoms with Gasteiger partial charge in [-0.25, -0.2) is 9.90 Å². The van der Waals surface area contributed by atoms with Crippen LogP contribution in [0.3, 0.4) is 0 Å². The molecular weight excluding hydrogens is 318 g/mol. The molecule has 1 amide bonds. The number of anilines is 1. The summed E-state index contributed by atoms with van der Waals surface area (Å²) in [7, 11) is 0. The van der Waals surface area contributed by atoms with Gasteiger partial charge in [0, 0.05) is 34.9 Å². The van der Waals surface area contributed by atoms with E-state index < -0.39 is 0 Å². The lowest BCUT2D eigenvalue weighted by molar-refractivity contribution is -0.118. The van der Waals surface area contributed by atoms with Crippen molar-refractivity contribution in [2.24, 2.45) is 0 Å². The first kappa shape index (κ1) is 14.9. The molecule has 0 fully saturated rings. The average molecular weight is 333 g/mol. The van der Waals surface area contributed by atoms with E-state index in [0.717, 1.165) is 22.1 Å². The maximum Gasteiger partial charge on any atom is 0.262 e. The first-order chi connectivity index (χ1) is 12.3. The first-order valence-corrected chi connectivity index (χ1v) is 7.73. The summed E-state index contributed by atoms with van der Waals surface area (Å²) in [5.41, 5.74) is 1.62. The molecule has 2 heterocycles. The van der Waals surface area contributed by atoms with Gasteiger partial charge in [0.15, 0.2) is 6.61 Å². The molecule has 0 aliphatic carbocycles. The highest BCUT2D eigenvalue weighted by molar-refractivity contribution is 6.02. The fourth-order valence-corrected chi connectivity index (χ4v) is 2.53. The number of carbonyl (C=O) groups is 1. The third-order valence-electron chi connectivity index (χ3n) is 3.76. The number of benzene rings is 2. The standard InChI is InChI=1S/C18H15N5O2/c24-18(21-17-6-1-3-13-10-19-8-7-16(13)17)11-25-15-5-2-4-14(9-15)23-12-20-22-23/h1-10,12,22H,11H2,(H,21,24). The Morgan fingerprint density at radius 2 is 2.08 bits per heavy atom. The van der Waals surface area contributed by atoms with E-state index in [2.05, 4.69) is 20.6 Å². The van der Waals surface area contributed by atoms with E-state index in [0.29, 0.717) is 5.75 Å². The molecule has 2 N–H and O–H groups in total. The summed E-state index contributed by atoms with van der Waals surface area (Å²) in [5.74, 6) is 0.384. The highest BCUT2D eigenvalue weighted by atomic mass is 16.5. The SMILES string of the molecule is O=C(COc1cccc(-n2cn[nH]2)c1)Nc1cccc2cnccc12. The van der Waals surface area contributed by atoms with Crippen LogP contribution in [0.5, 0.6) is 5.75 Å². The molecule has 0 radical (unpaired) electrons. The minimum atomic E-state index is -0.224. The number of aromatic nitrogens is 4. The monoisotopic (exact) mass is 333 g/mol. The van der Waals surface area contributed by atoms with Crippen molar-refractivity contribution in [3.05, 3.63) is 67.3 Å². The minimum absolute atomic E-state index is 0.0769. The highest BCUT2D eigenvalue weighted by Gasteiger charge is 2.07. The van der Waals surface area contributed by atoms with Crippen LogP contribution in [0.15, 0.2) is 67.3 Å². The summed E-state index contributed by atoms with van der Waals surface area (Å²) in [4.78, 5) is 16.3. The number of amides is 1. The molecule has 7 nitrogen and oxygen atoms in total. The quantitative estimate of drug-likeness (QED) is 0.588. The highest BCUT2D eigenvalue weighted by Crippen LogP contribution is 2.22. The van der Waals surface area contributed by atoms with Crippen molar-refractivity contribution < 1.29 is 9.53 Å². The number of aromatic amines is 1. The van der Waals surface area contributed by atoms with Gasteiger partial charge in [-0.1, -0.05) is 18.2 Å². The number of nitrogens with zero attached hydrogens (tertiary/aromatic N) is 3. The lowest BCUT2D eigenvalue weighted by Crippen LogP contribution is -2.20. The summed E-state index contributed by atoms with van der Waals surface area (Å²) >= 11 is 0. The van der Waals surface area contributed by atoms with Crippen molar-refractivity contribution in [3.8, 4) is 11.4 Å². The Labute approximate surface area is 143 Å². The van der Waals surface area contributed by atoms with E-state index in [-0.39, 0.29) is 12.5 Å². The summed E-state index contributed by atoms with van der Waals surface area (Å²) < 4.78 is 7.34. The zero-order valence-corrected chi connectivity index (χ0v) is 13.2. The molecule has 0 unspecified atom stereocenters. The fourth-order valence-electron chi connectivity index (χ4n) is 2.53. The van der Waals surface area contributed by atoms with Crippen LogP contribution in [0.2, 0.25) is 0 Å². The Morgan fingerprint density at radius 1 is 1.20 bits per heavy atom.